The summed E-state index contributed by atoms with van der Waals surface area (Å²) in [7, 11) is 1.89. The van der Waals surface area contributed by atoms with Crippen LogP contribution in [0.1, 0.15) is 36.2 Å². The molecular formula is C15H21N3O2. The van der Waals surface area contributed by atoms with Crippen LogP contribution in [0, 0.1) is 0 Å². The molecule has 1 aromatic rings. The van der Waals surface area contributed by atoms with Gasteiger partial charge in [-0.25, -0.2) is 0 Å². The third kappa shape index (κ3) is 2.32. The number of carbonyl (C=O) groups excluding carboxylic acids is 2. The molecule has 5 nitrogen and oxygen atoms in total. The number of aryl methyl sites for hydroxylation is 1. The van der Waals surface area contributed by atoms with Gasteiger partial charge in [-0.3, -0.25) is 9.59 Å². The quantitative estimate of drug-likeness (QED) is 0.815. The Kier molecular flexibility index (Phi) is 3.51. The minimum Gasteiger partial charge on any atom is -0.347 e. The van der Waals surface area contributed by atoms with Crippen LogP contribution in [0.15, 0.2) is 18.3 Å². The zero-order chi connectivity index (χ0) is 14.1. The van der Waals surface area contributed by atoms with E-state index in [0.717, 1.165) is 44.6 Å². The zero-order valence-corrected chi connectivity index (χ0v) is 11.9. The summed E-state index contributed by atoms with van der Waals surface area (Å²) in [5.41, 5.74) is 0.737. The lowest BCUT2D eigenvalue weighted by Gasteiger charge is -2.36. The van der Waals surface area contributed by atoms with Gasteiger partial charge in [-0.1, -0.05) is 0 Å². The van der Waals surface area contributed by atoms with E-state index in [1.165, 1.54) is 0 Å². The number of hydrogen-bond donors (Lipinski definition) is 0. The smallest absolute Gasteiger partial charge is 0.270 e. The highest BCUT2D eigenvalue weighted by Gasteiger charge is 2.32. The van der Waals surface area contributed by atoms with Crippen LogP contribution in [0.4, 0.5) is 0 Å². The minimum absolute atomic E-state index is 0.101. The molecule has 0 saturated carbocycles. The van der Waals surface area contributed by atoms with Crippen molar-refractivity contribution in [2.45, 2.75) is 31.7 Å². The predicted octanol–water partition coefficient (Wildman–Crippen LogP) is 1.25. The molecule has 0 atom stereocenters. The van der Waals surface area contributed by atoms with Gasteiger partial charge in [-0.15, -0.1) is 0 Å². The first-order valence-corrected chi connectivity index (χ1v) is 7.37. The number of piperidine rings is 1. The van der Waals surface area contributed by atoms with Gasteiger partial charge in [0.1, 0.15) is 5.69 Å². The van der Waals surface area contributed by atoms with Crippen LogP contribution in [0.3, 0.4) is 0 Å². The number of carbonyl (C=O) groups is 2. The van der Waals surface area contributed by atoms with E-state index in [0.29, 0.717) is 12.5 Å². The summed E-state index contributed by atoms with van der Waals surface area (Å²) in [6.07, 6.45) is 5.39. The van der Waals surface area contributed by atoms with E-state index in [-0.39, 0.29) is 11.8 Å². The highest BCUT2D eigenvalue weighted by molar-refractivity contribution is 5.92. The van der Waals surface area contributed by atoms with Crippen LogP contribution in [0.25, 0.3) is 0 Å². The topological polar surface area (TPSA) is 45.6 Å². The van der Waals surface area contributed by atoms with E-state index in [1.54, 1.807) is 0 Å². The lowest BCUT2D eigenvalue weighted by Crippen LogP contribution is -2.47. The molecule has 2 fully saturated rings. The van der Waals surface area contributed by atoms with E-state index < -0.39 is 0 Å². The summed E-state index contributed by atoms with van der Waals surface area (Å²) >= 11 is 0. The van der Waals surface area contributed by atoms with Crippen LogP contribution >= 0.6 is 0 Å². The predicted molar refractivity (Wildman–Crippen MR) is 75.3 cm³/mol. The molecule has 2 amide bonds. The Balaban J connectivity index is 1.60. The number of hydrogen-bond acceptors (Lipinski definition) is 2. The molecule has 0 spiro atoms. The fourth-order valence-electron chi connectivity index (χ4n) is 3.28. The largest absolute Gasteiger partial charge is 0.347 e. The summed E-state index contributed by atoms with van der Waals surface area (Å²) < 4.78 is 1.86. The number of nitrogens with zero attached hydrogens (tertiary/aromatic N) is 3. The van der Waals surface area contributed by atoms with Crippen molar-refractivity contribution in [3.8, 4) is 0 Å². The molecule has 0 aliphatic carbocycles. The van der Waals surface area contributed by atoms with Crippen molar-refractivity contribution in [1.82, 2.24) is 14.4 Å². The zero-order valence-electron chi connectivity index (χ0n) is 11.9. The first-order valence-electron chi connectivity index (χ1n) is 7.37. The number of rotatable bonds is 2. The van der Waals surface area contributed by atoms with Gasteiger partial charge in [0.2, 0.25) is 5.91 Å². The summed E-state index contributed by atoms with van der Waals surface area (Å²) in [4.78, 5) is 28.1. The van der Waals surface area contributed by atoms with Crippen LogP contribution in [0.2, 0.25) is 0 Å². The van der Waals surface area contributed by atoms with Crippen molar-refractivity contribution in [2.75, 3.05) is 19.6 Å². The Morgan fingerprint density at radius 2 is 2.00 bits per heavy atom. The molecule has 0 aromatic carbocycles. The van der Waals surface area contributed by atoms with Crippen LogP contribution in [-0.4, -0.2) is 51.9 Å². The molecule has 2 aliphatic rings. The molecule has 2 aliphatic heterocycles. The van der Waals surface area contributed by atoms with E-state index in [1.807, 2.05) is 39.7 Å². The second kappa shape index (κ2) is 5.31. The number of aromatic nitrogens is 1. The van der Waals surface area contributed by atoms with E-state index in [4.69, 9.17) is 0 Å². The number of amides is 2. The highest BCUT2D eigenvalue weighted by atomic mass is 16.2. The second-order valence-electron chi connectivity index (χ2n) is 5.72. The Morgan fingerprint density at radius 1 is 1.25 bits per heavy atom. The highest BCUT2D eigenvalue weighted by Crippen LogP contribution is 2.23. The molecule has 108 valence electrons. The molecule has 0 bridgehead atoms. The van der Waals surface area contributed by atoms with Crippen molar-refractivity contribution in [3.05, 3.63) is 24.0 Å². The Labute approximate surface area is 119 Å². The number of likely N-dealkylation sites (tertiary alicyclic amines) is 2. The average Bonchev–Trinajstić information content (AvgIpc) is 3.07. The fourth-order valence-corrected chi connectivity index (χ4v) is 3.28. The fraction of sp³-hybridized carbons (Fsp3) is 0.600. The summed E-state index contributed by atoms with van der Waals surface area (Å²) in [6, 6.07) is 4.09. The van der Waals surface area contributed by atoms with Gasteiger partial charge >= 0.3 is 0 Å². The summed E-state index contributed by atoms with van der Waals surface area (Å²) in [6.45, 7) is 2.40. The maximum absolute atomic E-state index is 12.4. The van der Waals surface area contributed by atoms with Gasteiger partial charge < -0.3 is 14.4 Å². The molecule has 0 N–H and O–H groups in total. The summed E-state index contributed by atoms with van der Waals surface area (Å²) in [5.74, 6) is 0.390. The van der Waals surface area contributed by atoms with Crippen molar-refractivity contribution < 1.29 is 9.59 Å². The molecule has 5 heteroatoms. The lowest BCUT2D eigenvalue weighted by molar-refractivity contribution is -0.130. The van der Waals surface area contributed by atoms with Gasteiger partial charge in [0.25, 0.3) is 5.91 Å². The van der Waals surface area contributed by atoms with Crippen LogP contribution in [0.5, 0.6) is 0 Å². The first-order chi connectivity index (χ1) is 9.66. The maximum Gasteiger partial charge on any atom is 0.270 e. The Bertz CT molecular complexity index is 515. The van der Waals surface area contributed by atoms with Gasteiger partial charge in [-0.05, 0) is 31.4 Å². The molecule has 0 unspecified atom stereocenters. The third-order valence-electron chi connectivity index (χ3n) is 4.47. The summed E-state index contributed by atoms with van der Waals surface area (Å²) in [5, 5.41) is 0. The van der Waals surface area contributed by atoms with E-state index in [2.05, 4.69) is 0 Å². The van der Waals surface area contributed by atoms with Gasteiger partial charge in [0, 0.05) is 45.3 Å². The average molecular weight is 275 g/mol. The lowest BCUT2D eigenvalue weighted by atomic mass is 10.0. The SMILES string of the molecule is Cn1cccc1C(=O)N1CCC(N2CCCC2=O)CC1. The van der Waals surface area contributed by atoms with Gasteiger partial charge in [-0.2, -0.15) is 0 Å². The minimum atomic E-state index is 0.101. The van der Waals surface area contributed by atoms with Crippen molar-refractivity contribution >= 4 is 11.8 Å². The Hall–Kier alpha value is -1.78. The second-order valence-corrected chi connectivity index (χ2v) is 5.72. The van der Waals surface area contributed by atoms with Crippen LogP contribution in [-0.2, 0) is 11.8 Å². The monoisotopic (exact) mass is 275 g/mol. The standard InChI is InChI=1S/C15H21N3O2/c1-16-8-2-4-13(16)15(20)17-10-6-12(7-11-17)18-9-3-5-14(18)19/h2,4,8,12H,3,5-7,9-11H2,1H3. The molecule has 3 rings (SSSR count). The first kappa shape index (κ1) is 13.2. The molecule has 20 heavy (non-hydrogen) atoms. The maximum atomic E-state index is 12.4. The molecular weight excluding hydrogens is 254 g/mol. The molecule has 0 radical (unpaired) electrons. The molecule has 1 aromatic heterocycles. The third-order valence-corrected chi connectivity index (χ3v) is 4.47. The van der Waals surface area contributed by atoms with Gasteiger partial charge in [0.15, 0.2) is 0 Å². The van der Waals surface area contributed by atoms with E-state index in [9.17, 15) is 9.59 Å². The van der Waals surface area contributed by atoms with Crippen molar-refractivity contribution in [3.63, 3.8) is 0 Å². The molecule has 2 saturated heterocycles. The normalized spacial score (nSPS) is 20.8. The Morgan fingerprint density at radius 3 is 2.55 bits per heavy atom. The van der Waals surface area contributed by atoms with Crippen molar-refractivity contribution in [2.24, 2.45) is 7.05 Å². The van der Waals surface area contributed by atoms with Gasteiger partial charge in [0.05, 0.1) is 0 Å². The molecule has 3 heterocycles. The van der Waals surface area contributed by atoms with E-state index >= 15 is 0 Å². The van der Waals surface area contributed by atoms with Crippen LogP contribution < -0.4 is 0 Å². The van der Waals surface area contributed by atoms with Crippen molar-refractivity contribution in [1.29, 1.82) is 0 Å².